The SMILES string of the molecule is CCO[C@@H]1O[C@H](CO)[C@@H](O)[C@H](OC(=S)Oc2ccc([N+](=O)[O-])cc2)[C@@H]1O. The van der Waals surface area contributed by atoms with Crippen molar-refractivity contribution in [3.63, 3.8) is 0 Å². The van der Waals surface area contributed by atoms with Crippen molar-refractivity contribution in [3.05, 3.63) is 34.4 Å². The fourth-order valence-electron chi connectivity index (χ4n) is 2.36. The third kappa shape index (κ3) is 4.84. The van der Waals surface area contributed by atoms with E-state index in [-0.39, 0.29) is 18.0 Å². The van der Waals surface area contributed by atoms with Gasteiger partial charge in [0.2, 0.25) is 0 Å². The first-order valence-corrected chi connectivity index (χ1v) is 8.15. The van der Waals surface area contributed by atoms with Gasteiger partial charge in [-0.15, -0.1) is 0 Å². The average Bonchev–Trinajstić information content (AvgIpc) is 2.61. The van der Waals surface area contributed by atoms with Gasteiger partial charge in [-0.05, 0) is 19.1 Å². The van der Waals surface area contributed by atoms with Gasteiger partial charge in [-0.1, -0.05) is 0 Å². The molecule has 26 heavy (non-hydrogen) atoms. The highest BCUT2D eigenvalue weighted by atomic mass is 32.1. The molecule has 0 aromatic heterocycles. The average molecular weight is 389 g/mol. The zero-order chi connectivity index (χ0) is 19.3. The van der Waals surface area contributed by atoms with Gasteiger partial charge in [0.25, 0.3) is 5.69 Å². The summed E-state index contributed by atoms with van der Waals surface area (Å²) in [7, 11) is 0. The van der Waals surface area contributed by atoms with Crippen molar-refractivity contribution in [3.8, 4) is 5.75 Å². The molecule has 10 nitrogen and oxygen atoms in total. The lowest BCUT2D eigenvalue weighted by atomic mass is 9.99. The van der Waals surface area contributed by atoms with Gasteiger partial charge < -0.3 is 34.3 Å². The van der Waals surface area contributed by atoms with E-state index in [1.54, 1.807) is 6.92 Å². The lowest BCUT2D eigenvalue weighted by Crippen LogP contribution is -2.60. The van der Waals surface area contributed by atoms with Gasteiger partial charge in [0.1, 0.15) is 24.1 Å². The molecule has 0 spiro atoms. The summed E-state index contributed by atoms with van der Waals surface area (Å²) in [5, 5.41) is 39.9. The summed E-state index contributed by atoms with van der Waals surface area (Å²) in [5.41, 5.74) is -0.121. The summed E-state index contributed by atoms with van der Waals surface area (Å²) in [6.07, 6.45) is -6.19. The van der Waals surface area contributed by atoms with Gasteiger partial charge in [0.05, 0.1) is 11.5 Å². The quantitative estimate of drug-likeness (QED) is 0.349. The molecule has 2 rings (SSSR count). The summed E-state index contributed by atoms with van der Waals surface area (Å²) in [5.74, 6) is 0.178. The lowest BCUT2D eigenvalue weighted by Gasteiger charge is -2.41. The molecule has 5 atom stereocenters. The van der Waals surface area contributed by atoms with Crippen LogP contribution in [0.2, 0.25) is 0 Å². The molecule has 1 aliphatic heterocycles. The number of benzene rings is 1. The number of nitrogens with zero attached hydrogens (tertiary/aromatic N) is 1. The molecule has 0 radical (unpaired) electrons. The normalized spacial score (nSPS) is 28.4. The van der Waals surface area contributed by atoms with Crippen molar-refractivity contribution < 1.29 is 39.2 Å². The molecule has 1 heterocycles. The van der Waals surface area contributed by atoms with Gasteiger partial charge in [-0.25, -0.2) is 0 Å². The van der Waals surface area contributed by atoms with Gasteiger partial charge >= 0.3 is 5.24 Å². The van der Waals surface area contributed by atoms with Crippen LogP contribution in [0.3, 0.4) is 0 Å². The minimum Gasteiger partial charge on any atom is -0.447 e. The van der Waals surface area contributed by atoms with Gasteiger partial charge in [-0.2, -0.15) is 0 Å². The highest BCUT2D eigenvalue weighted by molar-refractivity contribution is 7.79. The first-order chi connectivity index (χ1) is 12.4. The van der Waals surface area contributed by atoms with Crippen LogP contribution in [0.15, 0.2) is 24.3 Å². The molecule has 11 heteroatoms. The zero-order valence-corrected chi connectivity index (χ0v) is 14.6. The largest absolute Gasteiger partial charge is 0.447 e. The number of rotatable bonds is 6. The summed E-state index contributed by atoms with van der Waals surface area (Å²) in [6.45, 7) is 1.40. The third-order valence-corrected chi connectivity index (χ3v) is 3.81. The Morgan fingerprint density at radius 1 is 1.31 bits per heavy atom. The van der Waals surface area contributed by atoms with Gasteiger partial charge in [0, 0.05) is 31.0 Å². The summed E-state index contributed by atoms with van der Waals surface area (Å²) in [4.78, 5) is 10.1. The predicted molar refractivity (Wildman–Crippen MR) is 90.6 cm³/mol. The van der Waals surface area contributed by atoms with Crippen LogP contribution in [0.5, 0.6) is 5.75 Å². The summed E-state index contributed by atoms with van der Waals surface area (Å²) < 4.78 is 21.0. The van der Waals surface area contributed by atoms with E-state index in [4.69, 9.17) is 31.2 Å². The molecule has 3 N–H and O–H groups in total. The maximum absolute atomic E-state index is 10.6. The highest BCUT2D eigenvalue weighted by Crippen LogP contribution is 2.25. The highest BCUT2D eigenvalue weighted by Gasteiger charge is 2.47. The molecule has 1 aromatic rings. The monoisotopic (exact) mass is 389 g/mol. The summed E-state index contributed by atoms with van der Waals surface area (Å²) >= 11 is 4.94. The number of nitro benzene ring substituents is 1. The van der Waals surface area contributed by atoms with Crippen molar-refractivity contribution >= 4 is 23.1 Å². The van der Waals surface area contributed by atoms with E-state index in [1.807, 2.05) is 0 Å². The van der Waals surface area contributed by atoms with Crippen LogP contribution in [-0.4, -0.2) is 69.4 Å². The molecule has 144 valence electrons. The fraction of sp³-hybridized carbons (Fsp3) is 0.533. The van der Waals surface area contributed by atoms with Crippen molar-refractivity contribution in [1.82, 2.24) is 0 Å². The number of nitro groups is 1. The van der Waals surface area contributed by atoms with Crippen LogP contribution >= 0.6 is 12.2 Å². The third-order valence-electron chi connectivity index (χ3n) is 3.63. The van der Waals surface area contributed by atoms with Crippen molar-refractivity contribution in [2.75, 3.05) is 13.2 Å². The standard InChI is InChI=1S/C15H19NO9S/c1-2-22-14-12(19)13(11(18)10(7-17)24-14)25-15(26)23-9-5-3-8(4-6-9)16(20)21/h3-6,10-14,17-19H,2,7H2,1H3/t10-,11-,12+,13+,14-/m1/s1. The number of hydrogen-bond acceptors (Lipinski definition) is 10. The molecule has 0 bridgehead atoms. The number of aliphatic hydroxyl groups is 3. The Kier molecular flexibility index (Phi) is 7.20. The van der Waals surface area contributed by atoms with Gasteiger partial charge in [-0.3, -0.25) is 10.1 Å². The van der Waals surface area contributed by atoms with Crippen molar-refractivity contribution in [2.24, 2.45) is 0 Å². The van der Waals surface area contributed by atoms with Crippen LogP contribution < -0.4 is 4.74 Å². The molecular formula is C15H19NO9S. The van der Waals surface area contributed by atoms with Crippen LogP contribution in [0, 0.1) is 10.1 Å². The topological polar surface area (TPSA) is 141 Å². The Labute approximate surface area is 154 Å². The molecule has 1 saturated heterocycles. The Morgan fingerprint density at radius 2 is 1.96 bits per heavy atom. The molecule has 1 aromatic carbocycles. The minimum absolute atomic E-state index is 0.121. The van der Waals surface area contributed by atoms with Crippen molar-refractivity contribution in [2.45, 2.75) is 37.6 Å². The van der Waals surface area contributed by atoms with Gasteiger partial charge in [0.15, 0.2) is 12.4 Å². The Hall–Kier alpha value is -1.89. The Balaban J connectivity index is 2.03. The van der Waals surface area contributed by atoms with E-state index < -0.39 is 47.5 Å². The van der Waals surface area contributed by atoms with E-state index in [0.29, 0.717) is 0 Å². The Morgan fingerprint density at radius 3 is 2.50 bits per heavy atom. The van der Waals surface area contributed by atoms with E-state index in [9.17, 15) is 25.4 Å². The van der Waals surface area contributed by atoms with E-state index in [2.05, 4.69) is 0 Å². The van der Waals surface area contributed by atoms with E-state index in [0.717, 1.165) is 0 Å². The zero-order valence-electron chi connectivity index (χ0n) is 13.8. The fourth-order valence-corrected chi connectivity index (χ4v) is 2.57. The van der Waals surface area contributed by atoms with Crippen LogP contribution in [0.4, 0.5) is 5.69 Å². The van der Waals surface area contributed by atoms with Crippen LogP contribution in [-0.2, 0) is 14.2 Å². The second-order valence-electron chi connectivity index (χ2n) is 5.35. The predicted octanol–water partition coefficient (Wildman–Crippen LogP) is 0.119. The summed E-state index contributed by atoms with van der Waals surface area (Å²) in [6, 6.07) is 5.10. The maximum atomic E-state index is 10.6. The first-order valence-electron chi connectivity index (χ1n) is 7.74. The molecular weight excluding hydrogens is 370 g/mol. The Bertz CT molecular complexity index is 626. The minimum atomic E-state index is -1.38. The second-order valence-corrected chi connectivity index (χ2v) is 5.68. The molecule has 1 aliphatic rings. The molecule has 0 amide bonds. The van der Waals surface area contributed by atoms with Crippen molar-refractivity contribution in [1.29, 1.82) is 0 Å². The maximum Gasteiger partial charge on any atom is 0.358 e. The number of non-ortho nitro benzene ring substituents is 1. The number of aliphatic hydroxyl groups excluding tert-OH is 3. The lowest BCUT2D eigenvalue weighted by molar-refractivity contribution is -0.384. The number of thiocarbonyl (C=S) groups is 1. The first kappa shape index (κ1) is 20.4. The van der Waals surface area contributed by atoms with Crippen LogP contribution in [0.1, 0.15) is 6.92 Å². The molecule has 0 aliphatic carbocycles. The number of hydrogen-bond donors (Lipinski definition) is 3. The molecule has 0 saturated carbocycles. The smallest absolute Gasteiger partial charge is 0.358 e. The number of ether oxygens (including phenoxy) is 4. The molecule has 0 unspecified atom stereocenters. The van der Waals surface area contributed by atoms with E-state index in [1.165, 1.54) is 24.3 Å². The second kappa shape index (κ2) is 9.16. The van der Waals surface area contributed by atoms with Crippen LogP contribution in [0.25, 0.3) is 0 Å². The molecule has 1 fully saturated rings. The van der Waals surface area contributed by atoms with E-state index >= 15 is 0 Å².